The van der Waals surface area contributed by atoms with E-state index in [1.54, 1.807) is 4.90 Å². The van der Waals surface area contributed by atoms with E-state index >= 15 is 0 Å². The molecule has 0 saturated carbocycles. The van der Waals surface area contributed by atoms with Crippen molar-refractivity contribution in [3.05, 3.63) is 12.4 Å². The molecule has 1 N–H and O–H groups in total. The molecule has 1 aromatic rings. The molecule has 0 radical (unpaired) electrons. The topological polar surface area (TPSA) is 78.8 Å². The highest BCUT2D eigenvalue weighted by molar-refractivity contribution is 5.69. The molecular weight excluding hydrogens is 284 g/mol. The summed E-state index contributed by atoms with van der Waals surface area (Å²) in [5.74, 6) is 0.595. The Balaban J connectivity index is 2.08. The third-order valence-electron chi connectivity index (χ3n) is 3.43. The van der Waals surface area contributed by atoms with E-state index in [0.29, 0.717) is 19.0 Å². The molecule has 0 aliphatic carbocycles. The number of piperazine rings is 1. The number of hydrogen-bond acceptors (Lipinski definition) is 6. The van der Waals surface area contributed by atoms with E-state index < -0.39 is 5.60 Å². The van der Waals surface area contributed by atoms with E-state index in [9.17, 15) is 9.90 Å². The van der Waals surface area contributed by atoms with Crippen molar-refractivity contribution in [1.29, 1.82) is 0 Å². The lowest BCUT2D eigenvalue weighted by atomic mass is 10.1. The third-order valence-corrected chi connectivity index (χ3v) is 3.43. The van der Waals surface area contributed by atoms with E-state index in [1.807, 2.05) is 39.5 Å². The summed E-state index contributed by atoms with van der Waals surface area (Å²) in [6.07, 6.45) is 2.45. The van der Waals surface area contributed by atoms with E-state index in [4.69, 9.17) is 4.74 Å². The molecule has 2 atom stereocenters. The van der Waals surface area contributed by atoms with Crippen LogP contribution in [-0.4, -0.2) is 56.8 Å². The molecule has 0 aromatic carbocycles. The first-order valence-electron chi connectivity index (χ1n) is 7.44. The van der Waals surface area contributed by atoms with Gasteiger partial charge in [0, 0.05) is 13.1 Å². The standard InChI is InChI=1S/C15H24N4O3/c1-10-8-18(13-16-6-12(20)7-17-13)9-11(2)19(10)14(21)22-15(3,4)5/h6-7,10-11,20H,8-9H2,1-5H3/t10-,11+. The quantitative estimate of drug-likeness (QED) is 0.855. The molecule has 7 nitrogen and oxygen atoms in total. The molecule has 2 rings (SSSR count). The summed E-state index contributed by atoms with van der Waals surface area (Å²) in [6.45, 7) is 10.8. The molecule has 7 heteroatoms. The molecule has 2 heterocycles. The van der Waals surface area contributed by atoms with Gasteiger partial charge in [0.25, 0.3) is 0 Å². The predicted octanol–water partition coefficient (Wildman–Crippen LogP) is 2.02. The van der Waals surface area contributed by atoms with Crippen LogP contribution < -0.4 is 4.90 Å². The van der Waals surface area contributed by atoms with Gasteiger partial charge in [0.2, 0.25) is 5.95 Å². The van der Waals surface area contributed by atoms with E-state index in [0.717, 1.165) is 0 Å². The molecule has 122 valence electrons. The SMILES string of the molecule is C[C@@H]1CN(c2ncc(O)cn2)C[C@H](C)N1C(=O)OC(C)(C)C. The smallest absolute Gasteiger partial charge is 0.410 e. The van der Waals surface area contributed by atoms with Crippen molar-refractivity contribution in [2.75, 3.05) is 18.0 Å². The van der Waals surface area contributed by atoms with E-state index in [2.05, 4.69) is 9.97 Å². The Labute approximate surface area is 130 Å². The molecule has 0 unspecified atom stereocenters. The van der Waals surface area contributed by atoms with Crippen LogP contribution in [-0.2, 0) is 4.74 Å². The van der Waals surface area contributed by atoms with Crippen LogP contribution in [0.3, 0.4) is 0 Å². The minimum atomic E-state index is -0.506. The van der Waals surface area contributed by atoms with Crippen molar-refractivity contribution in [3.63, 3.8) is 0 Å². The molecule has 1 aromatic heterocycles. The molecule has 1 aliphatic rings. The summed E-state index contributed by atoms with van der Waals surface area (Å²) in [5, 5.41) is 9.27. The highest BCUT2D eigenvalue weighted by atomic mass is 16.6. The summed E-state index contributed by atoms with van der Waals surface area (Å²) < 4.78 is 5.48. The van der Waals surface area contributed by atoms with Crippen LogP contribution in [0.2, 0.25) is 0 Å². The molecule has 0 spiro atoms. The largest absolute Gasteiger partial charge is 0.505 e. The van der Waals surface area contributed by atoms with Crippen LogP contribution in [0, 0.1) is 0 Å². The Kier molecular flexibility index (Phi) is 4.44. The Morgan fingerprint density at radius 3 is 2.18 bits per heavy atom. The maximum absolute atomic E-state index is 12.3. The van der Waals surface area contributed by atoms with Crippen LogP contribution in [0.1, 0.15) is 34.6 Å². The monoisotopic (exact) mass is 308 g/mol. The van der Waals surface area contributed by atoms with Crippen LogP contribution >= 0.6 is 0 Å². The van der Waals surface area contributed by atoms with Gasteiger partial charge in [-0.3, -0.25) is 4.90 Å². The van der Waals surface area contributed by atoms with Gasteiger partial charge in [0.05, 0.1) is 24.5 Å². The van der Waals surface area contributed by atoms with Gasteiger partial charge in [-0.15, -0.1) is 0 Å². The second-order valence-electron chi connectivity index (χ2n) is 6.73. The van der Waals surface area contributed by atoms with Gasteiger partial charge >= 0.3 is 6.09 Å². The summed E-state index contributed by atoms with van der Waals surface area (Å²) in [4.78, 5) is 24.4. The number of aromatic nitrogens is 2. The number of carbonyl (C=O) groups excluding carboxylic acids is 1. The number of ether oxygens (including phenoxy) is 1. The van der Waals surface area contributed by atoms with Crippen molar-refractivity contribution < 1.29 is 14.6 Å². The lowest BCUT2D eigenvalue weighted by Gasteiger charge is -2.44. The van der Waals surface area contributed by atoms with Crippen LogP contribution in [0.4, 0.5) is 10.7 Å². The van der Waals surface area contributed by atoms with Gasteiger partial charge in [0.1, 0.15) is 5.60 Å². The fraction of sp³-hybridized carbons (Fsp3) is 0.667. The fourth-order valence-electron chi connectivity index (χ4n) is 2.64. The number of nitrogens with zero attached hydrogens (tertiary/aromatic N) is 4. The van der Waals surface area contributed by atoms with Crippen molar-refractivity contribution >= 4 is 12.0 Å². The molecular formula is C15H24N4O3. The fourth-order valence-corrected chi connectivity index (χ4v) is 2.64. The maximum Gasteiger partial charge on any atom is 0.410 e. The first kappa shape index (κ1) is 16.3. The number of hydrogen-bond donors (Lipinski definition) is 1. The van der Waals surface area contributed by atoms with Crippen molar-refractivity contribution in [2.45, 2.75) is 52.3 Å². The zero-order chi connectivity index (χ0) is 16.5. The molecule has 0 bridgehead atoms. The van der Waals surface area contributed by atoms with Crippen LogP contribution in [0.5, 0.6) is 5.75 Å². The summed E-state index contributed by atoms with van der Waals surface area (Å²) >= 11 is 0. The molecule has 1 aliphatic heterocycles. The summed E-state index contributed by atoms with van der Waals surface area (Å²) in [5.41, 5.74) is -0.506. The maximum atomic E-state index is 12.3. The van der Waals surface area contributed by atoms with Crippen LogP contribution in [0.15, 0.2) is 12.4 Å². The second-order valence-corrected chi connectivity index (χ2v) is 6.73. The molecule has 1 fully saturated rings. The van der Waals surface area contributed by atoms with Gasteiger partial charge in [-0.1, -0.05) is 0 Å². The zero-order valence-electron chi connectivity index (χ0n) is 13.8. The highest BCUT2D eigenvalue weighted by Gasteiger charge is 2.36. The van der Waals surface area contributed by atoms with Gasteiger partial charge < -0.3 is 14.7 Å². The van der Waals surface area contributed by atoms with E-state index in [1.165, 1.54) is 12.4 Å². The van der Waals surface area contributed by atoms with Gasteiger partial charge in [0.15, 0.2) is 5.75 Å². The molecule has 22 heavy (non-hydrogen) atoms. The lowest BCUT2D eigenvalue weighted by molar-refractivity contribution is 0.00554. The predicted molar refractivity (Wildman–Crippen MR) is 82.9 cm³/mol. The molecule has 1 amide bonds. The minimum Gasteiger partial charge on any atom is -0.505 e. The first-order chi connectivity index (χ1) is 10.2. The Morgan fingerprint density at radius 1 is 1.23 bits per heavy atom. The first-order valence-corrected chi connectivity index (χ1v) is 7.44. The van der Waals surface area contributed by atoms with Gasteiger partial charge in [-0.25, -0.2) is 14.8 Å². The van der Waals surface area contributed by atoms with Gasteiger partial charge in [-0.05, 0) is 34.6 Å². The Hall–Kier alpha value is -2.05. The number of aromatic hydroxyl groups is 1. The van der Waals surface area contributed by atoms with Crippen LogP contribution in [0.25, 0.3) is 0 Å². The lowest BCUT2D eigenvalue weighted by Crippen LogP contribution is -2.59. The van der Waals surface area contributed by atoms with Crippen molar-refractivity contribution in [2.24, 2.45) is 0 Å². The van der Waals surface area contributed by atoms with Crippen molar-refractivity contribution in [3.8, 4) is 5.75 Å². The normalized spacial score (nSPS) is 22.6. The average molecular weight is 308 g/mol. The van der Waals surface area contributed by atoms with Gasteiger partial charge in [-0.2, -0.15) is 0 Å². The third kappa shape index (κ3) is 3.78. The highest BCUT2D eigenvalue weighted by Crippen LogP contribution is 2.22. The number of anilines is 1. The van der Waals surface area contributed by atoms with Crippen molar-refractivity contribution in [1.82, 2.24) is 14.9 Å². The molecule has 1 saturated heterocycles. The minimum absolute atomic E-state index is 0.0176. The number of rotatable bonds is 1. The number of carbonyl (C=O) groups is 1. The second kappa shape index (κ2) is 5.98. The summed E-state index contributed by atoms with van der Waals surface area (Å²) in [7, 11) is 0. The Morgan fingerprint density at radius 2 is 1.73 bits per heavy atom. The Bertz CT molecular complexity index is 515. The van der Waals surface area contributed by atoms with E-state index in [-0.39, 0.29) is 23.9 Å². The zero-order valence-corrected chi connectivity index (χ0v) is 13.8. The summed E-state index contributed by atoms with van der Waals surface area (Å²) in [6, 6.07) is -0.0352. The number of amides is 1. The average Bonchev–Trinajstić information content (AvgIpc) is 2.36.